The van der Waals surface area contributed by atoms with Gasteiger partial charge in [-0.3, -0.25) is 9.79 Å². The SMILES string of the molecule is CC1=CC2N=C(C)C(=O)N=C2C=C1. The smallest absolute Gasteiger partial charge is 0.270 e. The Balaban J connectivity index is 2.41. The number of allylic oxidation sites excluding steroid dienone is 2. The maximum absolute atomic E-state index is 11.2. The van der Waals surface area contributed by atoms with E-state index in [9.17, 15) is 4.79 Å². The van der Waals surface area contributed by atoms with Crippen molar-refractivity contribution in [3.05, 3.63) is 23.8 Å². The third-order valence-corrected chi connectivity index (χ3v) is 2.11. The van der Waals surface area contributed by atoms with E-state index in [1.807, 2.05) is 25.2 Å². The Morgan fingerprint density at radius 2 is 2.08 bits per heavy atom. The molecule has 1 heterocycles. The van der Waals surface area contributed by atoms with E-state index in [0.29, 0.717) is 5.71 Å². The van der Waals surface area contributed by atoms with Crippen LogP contribution in [0.3, 0.4) is 0 Å². The van der Waals surface area contributed by atoms with Gasteiger partial charge in [-0.15, -0.1) is 0 Å². The van der Waals surface area contributed by atoms with E-state index in [0.717, 1.165) is 11.3 Å². The second-order valence-corrected chi connectivity index (χ2v) is 3.25. The van der Waals surface area contributed by atoms with Crippen LogP contribution >= 0.6 is 0 Å². The fraction of sp³-hybridized carbons (Fsp3) is 0.300. The molecule has 66 valence electrons. The number of carbonyl (C=O) groups excluding carboxylic acids is 1. The number of hydrogen-bond donors (Lipinski definition) is 0. The minimum absolute atomic E-state index is 0.0392. The summed E-state index contributed by atoms with van der Waals surface area (Å²) in [7, 11) is 0. The van der Waals surface area contributed by atoms with Crippen molar-refractivity contribution in [3.63, 3.8) is 0 Å². The topological polar surface area (TPSA) is 41.8 Å². The van der Waals surface area contributed by atoms with Gasteiger partial charge in [0.05, 0.1) is 11.4 Å². The maximum Gasteiger partial charge on any atom is 0.290 e. The number of nitrogens with zero attached hydrogens (tertiary/aromatic N) is 2. The number of carbonyl (C=O) groups is 1. The molecule has 0 saturated heterocycles. The third kappa shape index (κ3) is 1.37. The second kappa shape index (κ2) is 2.76. The molecule has 2 rings (SSSR count). The molecule has 0 saturated carbocycles. The van der Waals surface area contributed by atoms with E-state index in [4.69, 9.17) is 0 Å². The van der Waals surface area contributed by atoms with E-state index in [1.54, 1.807) is 6.92 Å². The van der Waals surface area contributed by atoms with E-state index in [2.05, 4.69) is 9.98 Å². The van der Waals surface area contributed by atoms with Gasteiger partial charge >= 0.3 is 0 Å². The van der Waals surface area contributed by atoms with Gasteiger partial charge in [0, 0.05) is 0 Å². The van der Waals surface area contributed by atoms with Crippen LogP contribution in [0.1, 0.15) is 13.8 Å². The lowest BCUT2D eigenvalue weighted by Crippen LogP contribution is -2.27. The molecule has 2 aliphatic rings. The molecule has 0 N–H and O–H groups in total. The van der Waals surface area contributed by atoms with Crippen LogP contribution in [0.2, 0.25) is 0 Å². The molecule has 13 heavy (non-hydrogen) atoms. The van der Waals surface area contributed by atoms with Gasteiger partial charge in [0.2, 0.25) is 0 Å². The monoisotopic (exact) mass is 174 g/mol. The minimum atomic E-state index is -0.219. The zero-order valence-corrected chi connectivity index (χ0v) is 7.61. The zero-order valence-electron chi connectivity index (χ0n) is 7.61. The van der Waals surface area contributed by atoms with Gasteiger partial charge < -0.3 is 0 Å². The van der Waals surface area contributed by atoms with Crippen LogP contribution in [0.5, 0.6) is 0 Å². The normalized spacial score (nSPS) is 26.2. The molecule has 1 aliphatic carbocycles. The van der Waals surface area contributed by atoms with Gasteiger partial charge in [0.25, 0.3) is 5.91 Å². The molecule has 3 nitrogen and oxygen atoms in total. The van der Waals surface area contributed by atoms with E-state index < -0.39 is 0 Å². The Kier molecular flexibility index (Phi) is 1.72. The quantitative estimate of drug-likeness (QED) is 0.546. The molecule has 1 aliphatic heterocycles. The summed E-state index contributed by atoms with van der Waals surface area (Å²) in [5.74, 6) is -0.219. The van der Waals surface area contributed by atoms with Crippen LogP contribution in [0, 0.1) is 0 Å². The van der Waals surface area contributed by atoms with Crippen LogP contribution in [0.15, 0.2) is 33.8 Å². The van der Waals surface area contributed by atoms with Gasteiger partial charge in [-0.1, -0.05) is 17.7 Å². The summed E-state index contributed by atoms with van der Waals surface area (Å²) < 4.78 is 0. The van der Waals surface area contributed by atoms with E-state index in [1.165, 1.54) is 0 Å². The van der Waals surface area contributed by atoms with Crippen molar-refractivity contribution < 1.29 is 4.79 Å². The molecule has 0 radical (unpaired) electrons. The highest BCUT2D eigenvalue weighted by Gasteiger charge is 2.21. The van der Waals surface area contributed by atoms with Crippen molar-refractivity contribution in [2.45, 2.75) is 19.9 Å². The van der Waals surface area contributed by atoms with Crippen molar-refractivity contribution in [2.75, 3.05) is 0 Å². The maximum atomic E-state index is 11.2. The van der Waals surface area contributed by atoms with Crippen LogP contribution in [0.25, 0.3) is 0 Å². The molecule has 0 bridgehead atoms. The van der Waals surface area contributed by atoms with E-state index in [-0.39, 0.29) is 11.9 Å². The molecule has 0 aromatic heterocycles. The summed E-state index contributed by atoms with van der Waals surface area (Å²) in [5.41, 5.74) is 2.41. The highest BCUT2D eigenvalue weighted by Crippen LogP contribution is 2.15. The van der Waals surface area contributed by atoms with E-state index >= 15 is 0 Å². The Hall–Kier alpha value is -1.51. The Morgan fingerprint density at radius 3 is 2.85 bits per heavy atom. The molecule has 1 atom stereocenters. The summed E-state index contributed by atoms with van der Waals surface area (Å²) >= 11 is 0. The first kappa shape index (κ1) is 8.10. The first-order valence-corrected chi connectivity index (χ1v) is 4.20. The Morgan fingerprint density at radius 1 is 1.31 bits per heavy atom. The lowest BCUT2D eigenvalue weighted by Gasteiger charge is -2.17. The summed E-state index contributed by atoms with van der Waals surface area (Å²) in [4.78, 5) is 19.3. The number of fused-ring (bicyclic) bond motifs is 1. The third-order valence-electron chi connectivity index (χ3n) is 2.11. The summed E-state index contributed by atoms with van der Waals surface area (Å²) in [5, 5.41) is 0. The van der Waals surface area contributed by atoms with Gasteiger partial charge in [-0.05, 0) is 19.9 Å². The zero-order chi connectivity index (χ0) is 9.42. The van der Waals surface area contributed by atoms with Gasteiger partial charge in [-0.25, -0.2) is 4.99 Å². The summed E-state index contributed by atoms with van der Waals surface area (Å²) in [6.07, 6.45) is 5.81. The lowest BCUT2D eigenvalue weighted by molar-refractivity contribution is -0.111. The first-order chi connectivity index (χ1) is 6.16. The highest BCUT2D eigenvalue weighted by atomic mass is 16.1. The van der Waals surface area contributed by atoms with Crippen molar-refractivity contribution in [1.82, 2.24) is 0 Å². The van der Waals surface area contributed by atoms with Crippen LogP contribution in [0.4, 0.5) is 0 Å². The molecule has 0 aromatic carbocycles. The standard InChI is InChI=1S/C10H10N2O/c1-6-3-4-8-9(5-6)11-7(2)10(13)12-8/h3-5,9H,1-2H3. The number of rotatable bonds is 0. The molecule has 1 unspecified atom stereocenters. The number of amides is 1. The number of aliphatic imine (C=N–C) groups is 2. The Bertz CT molecular complexity index is 386. The Labute approximate surface area is 76.6 Å². The van der Waals surface area contributed by atoms with Gasteiger partial charge in [0.1, 0.15) is 6.04 Å². The van der Waals surface area contributed by atoms with Crippen LogP contribution < -0.4 is 0 Å². The van der Waals surface area contributed by atoms with Crippen molar-refractivity contribution >= 4 is 17.3 Å². The van der Waals surface area contributed by atoms with Crippen molar-refractivity contribution in [1.29, 1.82) is 0 Å². The first-order valence-electron chi connectivity index (χ1n) is 4.20. The molecule has 3 heteroatoms. The summed E-state index contributed by atoms with van der Waals surface area (Å²) in [6.45, 7) is 3.71. The fourth-order valence-corrected chi connectivity index (χ4v) is 1.37. The average molecular weight is 174 g/mol. The van der Waals surface area contributed by atoms with Crippen molar-refractivity contribution in [2.24, 2.45) is 9.98 Å². The fourth-order valence-electron chi connectivity index (χ4n) is 1.37. The molecular weight excluding hydrogens is 164 g/mol. The average Bonchev–Trinajstić information content (AvgIpc) is 2.08. The number of hydrogen-bond acceptors (Lipinski definition) is 2. The molecular formula is C10H10N2O. The lowest BCUT2D eigenvalue weighted by atomic mass is 10.0. The molecule has 0 spiro atoms. The highest BCUT2D eigenvalue weighted by molar-refractivity contribution is 6.42. The molecule has 0 fully saturated rings. The molecule has 1 amide bonds. The van der Waals surface area contributed by atoms with Crippen LogP contribution in [-0.2, 0) is 4.79 Å². The van der Waals surface area contributed by atoms with Crippen molar-refractivity contribution in [3.8, 4) is 0 Å². The predicted molar refractivity (Wildman–Crippen MR) is 52.2 cm³/mol. The largest absolute Gasteiger partial charge is 0.290 e. The van der Waals surface area contributed by atoms with Crippen LogP contribution in [-0.4, -0.2) is 23.4 Å². The van der Waals surface area contributed by atoms with Gasteiger partial charge in [0.15, 0.2) is 0 Å². The predicted octanol–water partition coefficient (Wildman–Crippen LogP) is 1.31. The molecule has 0 aromatic rings. The minimum Gasteiger partial charge on any atom is -0.270 e. The second-order valence-electron chi connectivity index (χ2n) is 3.25. The summed E-state index contributed by atoms with van der Waals surface area (Å²) in [6, 6.07) is -0.0392. The van der Waals surface area contributed by atoms with Gasteiger partial charge in [-0.2, -0.15) is 0 Å².